The highest BCUT2D eigenvalue weighted by Gasteiger charge is 2.23. The summed E-state index contributed by atoms with van der Waals surface area (Å²) in [6, 6.07) is 7.49. The maximum absolute atomic E-state index is 11.1. The van der Waals surface area contributed by atoms with Crippen molar-refractivity contribution >= 4 is 17.5 Å². The molecule has 1 aromatic carbocycles. The monoisotopic (exact) mass is 226 g/mol. The highest BCUT2D eigenvalue weighted by atomic mass is 35.5. The predicted molar refractivity (Wildman–Crippen MR) is 61.6 cm³/mol. The predicted octanol–water partition coefficient (Wildman–Crippen LogP) is 1.69. The minimum absolute atomic E-state index is 0.380. The summed E-state index contributed by atoms with van der Waals surface area (Å²) in [5.41, 5.74) is 5.47. The number of halogens is 1. The van der Waals surface area contributed by atoms with Crippen LogP contribution in [0.15, 0.2) is 24.3 Å². The van der Waals surface area contributed by atoms with E-state index in [2.05, 4.69) is 5.32 Å². The third-order valence-electron chi connectivity index (χ3n) is 2.29. The number of rotatable bonds is 4. The number of benzene rings is 1. The Hall–Kier alpha value is -1.06. The van der Waals surface area contributed by atoms with E-state index >= 15 is 0 Å². The molecule has 0 atom stereocenters. The summed E-state index contributed by atoms with van der Waals surface area (Å²) in [7, 11) is 0. The molecule has 3 N–H and O–H groups in total. The van der Waals surface area contributed by atoms with Gasteiger partial charge in [0.15, 0.2) is 0 Å². The summed E-state index contributed by atoms with van der Waals surface area (Å²) in [6.07, 6.45) is 0. The summed E-state index contributed by atoms with van der Waals surface area (Å²) in [5.74, 6) is -0.380. The van der Waals surface area contributed by atoms with Crippen LogP contribution < -0.4 is 11.1 Å². The molecule has 15 heavy (non-hydrogen) atoms. The van der Waals surface area contributed by atoms with Crippen LogP contribution in [0.5, 0.6) is 0 Å². The molecule has 3 nitrogen and oxygen atoms in total. The molecule has 1 amide bonds. The Bertz CT molecular complexity index is 363. The van der Waals surface area contributed by atoms with Crippen molar-refractivity contribution in [2.45, 2.75) is 25.9 Å². The van der Waals surface area contributed by atoms with Crippen molar-refractivity contribution < 1.29 is 4.79 Å². The maximum Gasteiger partial charge on any atom is 0.237 e. The zero-order valence-corrected chi connectivity index (χ0v) is 9.64. The van der Waals surface area contributed by atoms with Crippen LogP contribution in [-0.4, -0.2) is 11.4 Å². The Balaban J connectivity index is 2.66. The molecule has 4 heteroatoms. The van der Waals surface area contributed by atoms with Gasteiger partial charge in [-0.15, -0.1) is 0 Å². The molecule has 0 heterocycles. The van der Waals surface area contributed by atoms with Crippen LogP contribution >= 0.6 is 11.6 Å². The molecule has 0 aliphatic rings. The molecule has 0 unspecified atom stereocenters. The van der Waals surface area contributed by atoms with Crippen molar-refractivity contribution in [3.05, 3.63) is 34.9 Å². The molecule has 0 aliphatic carbocycles. The average molecular weight is 227 g/mol. The normalized spacial score (nSPS) is 11.4. The van der Waals surface area contributed by atoms with Gasteiger partial charge >= 0.3 is 0 Å². The Labute approximate surface area is 94.6 Å². The second kappa shape index (κ2) is 4.64. The van der Waals surface area contributed by atoms with Crippen molar-refractivity contribution in [3.63, 3.8) is 0 Å². The van der Waals surface area contributed by atoms with Gasteiger partial charge in [-0.2, -0.15) is 0 Å². The van der Waals surface area contributed by atoms with Crippen LogP contribution in [0.2, 0.25) is 5.02 Å². The first-order chi connectivity index (χ1) is 6.93. The number of amides is 1. The SMILES string of the molecule is CC(C)(NCc1ccccc1Cl)C(N)=O. The number of primary amides is 1. The zero-order chi connectivity index (χ0) is 11.5. The number of carbonyl (C=O) groups is 1. The Morgan fingerprint density at radius 2 is 2.07 bits per heavy atom. The molecule has 0 saturated carbocycles. The quantitative estimate of drug-likeness (QED) is 0.821. The fourth-order valence-electron chi connectivity index (χ4n) is 1.05. The summed E-state index contributed by atoms with van der Waals surface area (Å²) in [4.78, 5) is 11.1. The third-order valence-corrected chi connectivity index (χ3v) is 2.66. The van der Waals surface area contributed by atoms with Crippen molar-refractivity contribution in [1.29, 1.82) is 0 Å². The lowest BCUT2D eigenvalue weighted by molar-refractivity contribution is -0.123. The van der Waals surface area contributed by atoms with Crippen molar-refractivity contribution in [2.75, 3.05) is 0 Å². The lowest BCUT2D eigenvalue weighted by atomic mass is 10.0. The highest BCUT2D eigenvalue weighted by Crippen LogP contribution is 2.15. The number of carbonyl (C=O) groups excluding carboxylic acids is 1. The topological polar surface area (TPSA) is 55.1 Å². The van der Waals surface area contributed by atoms with E-state index in [0.29, 0.717) is 11.6 Å². The molecule has 1 aromatic rings. The fourth-order valence-corrected chi connectivity index (χ4v) is 1.25. The second-order valence-corrected chi connectivity index (χ2v) is 4.34. The molecule has 82 valence electrons. The van der Waals surface area contributed by atoms with Crippen molar-refractivity contribution in [3.8, 4) is 0 Å². The Morgan fingerprint density at radius 1 is 1.47 bits per heavy atom. The number of nitrogens with two attached hydrogens (primary N) is 1. The third kappa shape index (κ3) is 3.22. The van der Waals surface area contributed by atoms with E-state index in [1.165, 1.54) is 0 Å². The zero-order valence-electron chi connectivity index (χ0n) is 8.88. The lowest BCUT2D eigenvalue weighted by Gasteiger charge is -2.22. The number of nitrogens with one attached hydrogen (secondary N) is 1. The molecule has 1 rings (SSSR count). The van der Waals surface area contributed by atoms with E-state index in [1.807, 2.05) is 24.3 Å². The van der Waals surface area contributed by atoms with Gasteiger partial charge < -0.3 is 5.73 Å². The van der Waals surface area contributed by atoms with E-state index < -0.39 is 5.54 Å². The van der Waals surface area contributed by atoms with Gasteiger partial charge in [0.05, 0.1) is 5.54 Å². The van der Waals surface area contributed by atoms with Gasteiger partial charge in [0.25, 0.3) is 0 Å². The molecule has 0 spiro atoms. The molecule has 0 fully saturated rings. The standard InChI is InChI=1S/C11H15ClN2O/c1-11(2,10(13)15)14-7-8-5-3-4-6-9(8)12/h3-6,14H,7H2,1-2H3,(H2,13,15). The van der Waals surface area contributed by atoms with E-state index in [-0.39, 0.29) is 5.91 Å². The minimum Gasteiger partial charge on any atom is -0.368 e. The Kier molecular flexibility index (Phi) is 3.72. The molecule has 0 aliphatic heterocycles. The smallest absolute Gasteiger partial charge is 0.237 e. The molecule has 0 bridgehead atoms. The second-order valence-electron chi connectivity index (χ2n) is 3.93. The van der Waals surface area contributed by atoms with Gasteiger partial charge in [-0.1, -0.05) is 29.8 Å². The Morgan fingerprint density at radius 3 is 2.60 bits per heavy atom. The first kappa shape index (κ1) is 12.0. The van der Waals surface area contributed by atoms with Crippen LogP contribution in [-0.2, 0) is 11.3 Å². The van der Waals surface area contributed by atoms with E-state index in [0.717, 1.165) is 5.56 Å². The average Bonchev–Trinajstić information content (AvgIpc) is 2.16. The summed E-state index contributed by atoms with van der Waals surface area (Å²) in [5, 5.41) is 3.74. The molecular weight excluding hydrogens is 212 g/mol. The first-order valence-electron chi connectivity index (χ1n) is 4.72. The molecule has 0 aromatic heterocycles. The summed E-state index contributed by atoms with van der Waals surface area (Å²) < 4.78 is 0. The van der Waals surface area contributed by atoms with E-state index in [4.69, 9.17) is 17.3 Å². The van der Waals surface area contributed by atoms with Crippen molar-refractivity contribution in [2.24, 2.45) is 5.73 Å². The fraction of sp³-hybridized carbons (Fsp3) is 0.364. The van der Waals surface area contributed by atoms with Gasteiger partial charge in [0.2, 0.25) is 5.91 Å². The van der Waals surface area contributed by atoms with Gasteiger partial charge in [0.1, 0.15) is 0 Å². The maximum atomic E-state index is 11.1. The van der Waals surface area contributed by atoms with Gasteiger partial charge in [-0.3, -0.25) is 10.1 Å². The van der Waals surface area contributed by atoms with E-state index in [9.17, 15) is 4.79 Å². The largest absolute Gasteiger partial charge is 0.368 e. The summed E-state index contributed by atoms with van der Waals surface area (Å²) in [6.45, 7) is 4.01. The van der Waals surface area contributed by atoms with Crippen molar-refractivity contribution in [1.82, 2.24) is 5.32 Å². The van der Waals surface area contributed by atoms with Crippen LogP contribution in [0.3, 0.4) is 0 Å². The van der Waals surface area contributed by atoms with Crippen LogP contribution in [0, 0.1) is 0 Å². The van der Waals surface area contributed by atoms with Crippen LogP contribution in [0.1, 0.15) is 19.4 Å². The number of hydrogen-bond donors (Lipinski definition) is 2. The minimum atomic E-state index is -0.723. The van der Waals surface area contributed by atoms with Crippen LogP contribution in [0.25, 0.3) is 0 Å². The van der Waals surface area contributed by atoms with E-state index in [1.54, 1.807) is 13.8 Å². The molecule has 0 radical (unpaired) electrons. The lowest BCUT2D eigenvalue weighted by Crippen LogP contribution is -2.50. The first-order valence-corrected chi connectivity index (χ1v) is 5.09. The van der Waals surface area contributed by atoms with Gasteiger partial charge in [0, 0.05) is 11.6 Å². The summed E-state index contributed by atoms with van der Waals surface area (Å²) >= 11 is 5.98. The highest BCUT2D eigenvalue weighted by molar-refractivity contribution is 6.31. The van der Waals surface area contributed by atoms with Crippen LogP contribution in [0.4, 0.5) is 0 Å². The molecular formula is C11H15ClN2O. The number of hydrogen-bond acceptors (Lipinski definition) is 2. The molecule has 0 saturated heterocycles. The van der Waals surface area contributed by atoms with Gasteiger partial charge in [-0.25, -0.2) is 0 Å². The van der Waals surface area contributed by atoms with Gasteiger partial charge in [-0.05, 0) is 25.5 Å².